The molecule has 1 aliphatic rings. The molecule has 1 N–H and O–H groups in total. The molecular formula is C12H6Cl2N2O4. The van der Waals surface area contributed by atoms with Crippen LogP contribution in [-0.2, 0) is 4.79 Å². The highest BCUT2D eigenvalue weighted by atomic mass is 35.5. The van der Waals surface area contributed by atoms with Crippen molar-refractivity contribution in [1.82, 2.24) is 5.32 Å². The van der Waals surface area contributed by atoms with Gasteiger partial charge in [-0.15, -0.1) is 0 Å². The lowest BCUT2D eigenvalue weighted by Gasteiger charge is -2.13. The van der Waals surface area contributed by atoms with Crippen LogP contribution in [0.1, 0.15) is 0 Å². The van der Waals surface area contributed by atoms with E-state index in [-0.39, 0.29) is 27.2 Å². The van der Waals surface area contributed by atoms with Crippen LogP contribution in [0.4, 0.5) is 5.69 Å². The molecule has 1 aromatic rings. The number of non-ortho nitro benzene ring substituents is 1. The van der Waals surface area contributed by atoms with Crippen molar-refractivity contribution < 1.29 is 14.5 Å². The van der Waals surface area contributed by atoms with Crippen molar-refractivity contribution in [3.05, 3.63) is 62.1 Å². The molecule has 0 fully saturated rings. The van der Waals surface area contributed by atoms with E-state index < -0.39 is 4.92 Å². The van der Waals surface area contributed by atoms with Gasteiger partial charge in [0.25, 0.3) is 5.69 Å². The summed E-state index contributed by atoms with van der Waals surface area (Å²) in [5.74, 6) is 2.10. The molecule has 0 unspecified atom stereocenters. The van der Waals surface area contributed by atoms with Crippen LogP contribution in [0, 0.1) is 10.1 Å². The minimum absolute atomic E-state index is 0.00947. The molecule has 0 aliphatic carbocycles. The second kappa shape index (κ2) is 5.79. The molecular weight excluding hydrogens is 307 g/mol. The largest absolute Gasteiger partial charge is 0.453 e. The Balaban J connectivity index is 2.27. The van der Waals surface area contributed by atoms with Gasteiger partial charge in [-0.25, -0.2) is 4.79 Å². The number of allylic oxidation sites excluding steroid dienone is 2. The predicted octanol–water partition coefficient (Wildman–Crippen LogP) is 3.00. The Bertz CT molecular complexity index is 668. The molecule has 0 atom stereocenters. The topological polar surface area (TPSA) is 81.5 Å². The molecule has 6 nitrogen and oxygen atoms in total. The van der Waals surface area contributed by atoms with Crippen LogP contribution in [0.2, 0.25) is 10.0 Å². The van der Waals surface area contributed by atoms with E-state index in [9.17, 15) is 14.9 Å². The van der Waals surface area contributed by atoms with E-state index in [0.717, 1.165) is 12.1 Å². The lowest BCUT2D eigenvalue weighted by Crippen LogP contribution is -2.11. The molecule has 0 spiro atoms. The van der Waals surface area contributed by atoms with Gasteiger partial charge in [-0.3, -0.25) is 10.1 Å². The average Bonchev–Trinajstić information content (AvgIpc) is 2.43. The Labute approximate surface area is 123 Å². The number of hydrogen-bond acceptors (Lipinski definition) is 5. The predicted molar refractivity (Wildman–Crippen MR) is 73.3 cm³/mol. The summed E-state index contributed by atoms with van der Waals surface area (Å²) in [5.41, 5.74) is 0.0167. The van der Waals surface area contributed by atoms with Crippen molar-refractivity contribution >= 4 is 34.8 Å². The second-order valence-corrected chi connectivity index (χ2v) is 4.45. The molecule has 20 heavy (non-hydrogen) atoms. The normalized spacial score (nSPS) is 13.3. The Hall–Kier alpha value is -2.27. The Kier molecular flexibility index (Phi) is 4.10. The van der Waals surface area contributed by atoms with Gasteiger partial charge in [-0.2, -0.15) is 0 Å². The molecule has 8 heteroatoms. The van der Waals surface area contributed by atoms with Gasteiger partial charge >= 0.3 is 0 Å². The number of halogens is 2. The van der Waals surface area contributed by atoms with Crippen molar-refractivity contribution in [1.29, 1.82) is 0 Å². The van der Waals surface area contributed by atoms with Gasteiger partial charge in [0.1, 0.15) is 11.5 Å². The quantitative estimate of drug-likeness (QED) is 0.527. The van der Waals surface area contributed by atoms with E-state index in [0.29, 0.717) is 5.76 Å². The fraction of sp³-hybridized carbons (Fsp3) is 0. The number of nitrogens with one attached hydrogen (secondary N) is 1. The number of nitrogens with zero attached hydrogens (tertiary/aromatic N) is 1. The van der Waals surface area contributed by atoms with Crippen LogP contribution in [-0.4, -0.2) is 10.9 Å². The zero-order valence-electron chi connectivity index (χ0n) is 9.72. The lowest BCUT2D eigenvalue weighted by molar-refractivity contribution is -0.384. The maximum atomic E-state index is 10.7. The first-order valence-electron chi connectivity index (χ1n) is 5.22. The lowest BCUT2D eigenvalue weighted by atomic mass is 10.3. The molecule has 102 valence electrons. The molecule has 1 heterocycles. The minimum atomic E-state index is -0.607. The van der Waals surface area contributed by atoms with E-state index in [1.165, 1.54) is 18.4 Å². The molecule has 2 rings (SSSR count). The highest BCUT2D eigenvalue weighted by molar-refractivity contribution is 6.37. The van der Waals surface area contributed by atoms with Gasteiger partial charge in [0.2, 0.25) is 0 Å². The van der Waals surface area contributed by atoms with E-state index in [4.69, 9.17) is 27.9 Å². The summed E-state index contributed by atoms with van der Waals surface area (Å²) in [6, 6.07) is 2.28. The smallest absolute Gasteiger partial charge is 0.272 e. The number of hydrogen-bond donors (Lipinski definition) is 1. The molecule has 1 aromatic carbocycles. The standard InChI is InChI=1S/C12H6Cl2N2O4/c13-10-3-8(16(18)19)4-11(14)12(10)20-9-2-1-7(6-17)15-5-9/h1-5,15H. The van der Waals surface area contributed by atoms with Crippen molar-refractivity contribution in [2.24, 2.45) is 0 Å². The second-order valence-electron chi connectivity index (χ2n) is 3.64. The summed E-state index contributed by atoms with van der Waals surface area (Å²) in [6.07, 6.45) is 4.37. The van der Waals surface area contributed by atoms with Gasteiger partial charge in [0.15, 0.2) is 11.7 Å². The molecule has 0 amide bonds. The van der Waals surface area contributed by atoms with Gasteiger partial charge in [-0.05, 0) is 12.2 Å². The van der Waals surface area contributed by atoms with Crippen molar-refractivity contribution in [3.8, 4) is 5.75 Å². The first-order chi connectivity index (χ1) is 9.51. The first-order valence-corrected chi connectivity index (χ1v) is 5.98. The molecule has 0 saturated heterocycles. The molecule has 0 aromatic heterocycles. The monoisotopic (exact) mass is 312 g/mol. The minimum Gasteiger partial charge on any atom is -0.453 e. The molecule has 0 bridgehead atoms. The van der Waals surface area contributed by atoms with E-state index in [1.807, 2.05) is 0 Å². The van der Waals surface area contributed by atoms with Crippen molar-refractivity contribution in [3.63, 3.8) is 0 Å². The average molecular weight is 313 g/mol. The third kappa shape index (κ3) is 3.00. The summed E-state index contributed by atoms with van der Waals surface area (Å²) in [6.45, 7) is 0. The molecule has 0 saturated carbocycles. The highest BCUT2D eigenvalue weighted by Crippen LogP contribution is 2.37. The summed E-state index contributed by atoms with van der Waals surface area (Å²) in [7, 11) is 0. The highest BCUT2D eigenvalue weighted by Gasteiger charge is 2.17. The number of benzene rings is 1. The third-order valence-corrected chi connectivity index (χ3v) is 2.87. The van der Waals surface area contributed by atoms with Crippen LogP contribution in [0.3, 0.4) is 0 Å². The van der Waals surface area contributed by atoms with Gasteiger partial charge in [0, 0.05) is 18.3 Å². The Morgan fingerprint density at radius 1 is 1.25 bits per heavy atom. The summed E-state index contributed by atoms with van der Waals surface area (Å²) >= 11 is 11.8. The van der Waals surface area contributed by atoms with Crippen LogP contribution in [0.25, 0.3) is 0 Å². The number of nitro benzene ring substituents is 1. The summed E-state index contributed by atoms with van der Waals surface area (Å²) in [5, 5.41) is 13.3. The number of ether oxygens (including phenoxy) is 1. The fourth-order valence-electron chi connectivity index (χ4n) is 1.40. The van der Waals surface area contributed by atoms with Crippen molar-refractivity contribution in [2.75, 3.05) is 0 Å². The van der Waals surface area contributed by atoms with Crippen LogP contribution in [0.5, 0.6) is 5.75 Å². The molecule has 1 aliphatic heterocycles. The number of rotatable bonds is 3. The van der Waals surface area contributed by atoms with Crippen molar-refractivity contribution in [2.45, 2.75) is 0 Å². The van der Waals surface area contributed by atoms with E-state index >= 15 is 0 Å². The van der Waals surface area contributed by atoms with Crippen LogP contribution < -0.4 is 10.1 Å². The fourth-order valence-corrected chi connectivity index (χ4v) is 1.96. The maximum Gasteiger partial charge on any atom is 0.272 e. The first kappa shape index (κ1) is 14.1. The number of dihydropyridines is 1. The van der Waals surface area contributed by atoms with Gasteiger partial charge in [0.05, 0.1) is 15.0 Å². The van der Waals surface area contributed by atoms with Crippen LogP contribution in [0.15, 0.2) is 41.9 Å². The zero-order chi connectivity index (χ0) is 14.7. The number of carbonyl (C=O) groups excluding carboxylic acids is 1. The SMILES string of the molecule is O=C=C1C=CC(Oc2c(Cl)cc([N+](=O)[O-])cc2Cl)=CN1. The maximum absolute atomic E-state index is 10.7. The van der Waals surface area contributed by atoms with Gasteiger partial charge in [-0.1, -0.05) is 23.2 Å². The molecule has 0 radical (unpaired) electrons. The zero-order valence-corrected chi connectivity index (χ0v) is 11.2. The number of nitro groups is 1. The Morgan fingerprint density at radius 3 is 2.35 bits per heavy atom. The van der Waals surface area contributed by atoms with E-state index in [2.05, 4.69) is 5.32 Å². The Morgan fingerprint density at radius 2 is 1.90 bits per heavy atom. The van der Waals surface area contributed by atoms with Gasteiger partial charge < -0.3 is 10.1 Å². The van der Waals surface area contributed by atoms with Crippen LogP contribution >= 0.6 is 23.2 Å². The third-order valence-electron chi connectivity index (χ3n) is 2.31. The summed E-state index contributed by atoms with van der Waals surface area (Å²) in [4.78, 5) is 20.4. The van der Waals surface area contributed by atoms with E-state index in [1.54, 1.807) is 5.94 Å². The summed E-state index contributed by atoms with van der Waals surface area (Å²) < 4.78 is 5.43.